The standard InChI is InChI=1S/C27H28F2N2O3/c1-33-24-15-18-11-13-31(17-20(18)16-25(24)34-2)27(26(30)32,21-6-4-3-5-7-21)12-10-19-14-22(28)8-9-23(19)29/h3-9,14-16H,10-13,17H2,1-2H3,(H2,30,32). The highest BCUT2D eigenvalue weighted by atomic mass is 19.1. The van der Waals surface area contributed by atoms with Gasteiger partial charge in [-0.25, -0.2) is 8.78 Å². The Bertz CT molecular complexity index is 1190. The van der Waals surface area contributed by atoms with Crippen LogP contribution in [0.4, 0.5) is 8.78 Å². The number of benzene rings is 3. The second-order valence-electron chi connectivity index (χ2n) is 8.47. The maximum absolute atomic E-state index is 14.4. The number of fused-ring (bicyclic) bond motifs is 1. The lowest BCUT2D eigenvalue weighted by molar-refractivity contribution is -0.132. The first kappa shape index (κ1) is 23.7. The Morgan fingerprint density at radius 1 is 1.00 bits per heavy atom. The van der Waals surface area contributed by atoms with Crippen molar-refractivity contribution in [3.8, 4) is 11.5 Å². The predicted octanol–water partition coefficient (Wildman–Crippen LogP) is 4.35. The van der Waals surface area contributed by atoms with Gasteiger partial charge < -0.3 is 15.2 Å². The summed E-state index contributed by atoms with van der Waals surface area (Å²) < 4.78 is 39.1. The van der Waals surface area contributed by atoms with E-state index in [0.29, 0.717) is 31.0 Å². The van der Waals surface area contributed by atoms with Crippen molar-refractivity contribution >= 4 is 5.91 Å². The summed E-state index contributed by atoms with van der Waals surface area (Å²) >= 11 is 0. The first-order valence-electron chi connectivity index (χ1n) is 11.2. The van der Waals surface area contributed by atoms with Gasteiger partial charge in [0.2, 0.25) is 5.91 Å². The molecule has 4 rings (SSSR count). The maximum atomic E-state index is 14.4. The van der Waals surface area contributed by atoms with Gasteiger partial charge in [-0.3, -0.25) is 9.69 Å². The number of hydrogen-bond acceptors (Lipinski definition) is 4. The van der Waals surface area contributed by atoms with E-state index in [0.717, 1.165) is 28.8 Å². The molecule has 1 heterocycles. The minimum Gasteiger partial charge on any atom is -0.493 e. The third-order valence-electron chi connectivity index (χ3n) is 6.68. The molecule has 1 unspecified atom stereocenters. The number of rotatable bonds is 8. The van der Waals surface area contributed by atoms with Crippen LogP contribution >= 0.6 is 0 Å². The van der Waals surface area contributed by atoms with Gasteiger partial charge in [0.05, 0.1) is 14.2 Å². The molecule has 0 saturated carbocycles. The van der Waals surface area contributed by atoms with Crippen LogP contribution in [0.2, 0.25) is 0 Å². The number of halogens is 2. The number of amides is 1. The van der Waals surface area contributed by atoms with Crippen molar-refractivity contribution in [1.29, 1.82) is 0 Å². The third kappa shape index (κ3) is 4.35. The Morgan fingerprint density at radius 3 is 2.32 bits per heavy atom. The fourth-order valence-electron chi connectivity index (χ4n) is 4.88. The predicted molar refractivity (Wildman–Crippen MR) is 126 cm³/mol. The number of carbonyl (C=O) groups excluding carboxylic acids is 1. The van der Waals surface area contributed by atoms with Crippen molar-refractivity contribution in [1.82, 2.24) is 4.90 Å². The highest BCUT2D eigenvalue weighted by Crippen LogP contribution is 2.40. The van der Waals surface area contributed by atoms with E-state index in [1.807, 2.05) is 47.4 Å². The summed E-state index contributed by atoms with van der Waals surface area (Å²) in [7, 11) is 3.18. The lowest BCUT2D eigenvalue weighted by atomic mass is 9.80. The van der Waals surface area contributed by atoms with E-state index in [2.05, 4.69) is 0 Å². The van der Waals surface area contributed by atoms with Crippen LogP contribution in [0.15, 0.2) is 60.7 Å². The van der Waals surface area contributed by atoms with Gasteiger partial charge in [0.15, 0.2) is 11.5 Å². The lowest BCUT2D eigenvalue weighted by Crippen LogP contribution is -2.56. The molecule has 3 aromatic carbocycles. The molecular weight excluding hydrogens is 438 g/mol. The number of aryl methyl sites for hydroxylation is 1. The number of nitrogens with two attached hydrogens (primary N) is 1. The molecule has 1 aliphatic heterocycles. The fourth-order valence-corrected chi connectivity index (χ4v) is 4.88. The number of methoxy groups -OCH3 is 2. The zero-order chi connectivity index (χ0) is 24.3. The van der Waals surface area contributed by atoms with Gasteiger partial charge in [0.1, 0.15) is 17.2 Å². The van der Waals surface area contributed by atoms with Crippen LogP contribution in [0, 0.1) is 11.6 Å². The molecule has 1 aliphatic rings. The van der Waals surface area contributed by atoms with Crippen LogP contribution < -0.4 is 15.2 Å². The zero-order valence-electron chi connectivity index (χ0n) is 19.3. The van der Waals surface area contributed by atoms with Crippen LogP contribution in [0.25, 0.3) is 0 Å². The van der Waals surface area contributed by atoms with Crippen LogP contribution in [0.1, 0.15) is 28.7 Å². The van der Waals surface area contributed by atoms with E-state index in [1.54, 1.807) is 14.2 Å². The summed E-state index contributed by atoms with van der Waals surface area (Å²) in [6.07, 6.45) is 1.03. The van der Waals surface area contributed by atoms with Gasteiger partial charge in [0.25, 0.3) is 0 Å². The number of hydrogen-bond donors (Lipinski definition) is 1. The average Bonchev–Trinajstić information content (AvgIpc) is 2.85. The fraction of sp³-hybridized carbons (Fsp3) is 0.296. The molecule has 0 aromatic heterocycles. The van der Waals surface area contributed by atoms with Crippen molar-refractivity contribution < 1.29 is 23.0 Å². The van der Waals surface area contributed by atoms with Gasteiger partial charge >= 0.3 is 0 Å². The molecule has 0 bridgehead atoms. The van der Waals surface area contributed by atoms with Gasteiger partial charge in [-0.2, -0.15) is 0 Å². The normalized spacial score (nSPS) is 15.3. The topological polar surface area (TPSA) is 64.8 Å². The van der Waals surface area contributed by atoms with Crippen LogP contribution in [-0.2, 0) is 29.7 Å². The molecule has 7 heteroatoms. The molecule has 5 nitrogen and oxygen atoms in total. The Morgan fingerprint density at radius 2 is 1.68 bits per heavy atom. The minimum absolute atomic E-state index is 0.150. The van der Waals surface area contributed by atoms with E-state index in [-0.39, 0.29) is 18.4 Å². The summed E-state index contributed by atoms with van der Waals surface area (Å²) in [5.74, 6) is -0.295. The number of ether oxygens (including phenoxy) is 2. The van der Waals surface area contributed by atoms with E-state index < -0.39 is 23.1 Å². The van der Waals surface area contributed by atoms with Crippen LogP contribution in [0.5, 0.6) is 11.5 Å². The largest absolute Gasteiger partial charge is 0.493 e. The Labute approximate surface area is 198 Å². The molecule has 1 amide bonds. The number of primary amides is 1. The molecule has 178 valence electrons. The second-order valence-corrected chi connectivity index (χ2v) is 8.47. The smallest absolute Gasteiger partial charge is 0.242 e. The Hall–Kier alpha value is -3.45. The Kier molecular flexibility index (Phi) is 6.84. The van der Waals surface area contributed by atoms with E-state index in [1.165, 1.54) is 6.07 Å². The molecule has 0 spiro atoms. The highest BCUT2D eigenvalue weighted by molar-refractivity contribution is 5.86. The third-order valence-corrected chi connectivity index (χ3v) is 6.68. The highest BCUT2D eigenvalue weighted by Gasteiger charge is 2.45. The number of carbonyl (C=O) groups is 1. The van der Waals surface area contributed by atoms with Gasteiger partial charge in [0, 0.05) is 13.1 Å². The monoisotopic (exact) mass is 466 g/mol. The van der Waals surface area contributed by atoms with Crippen molar-refractivity contribution in [2.75, 3.05) is 20.8 Å². The van der Waals surface area contributed by atoms with Crippen LogP contribution in [0.3, 0.4) is 0 Å². The van der Waals surface area contributed by atoms with Crippen LogP contribution in [-0.4, -0.2) is 31.6 Å². The van der Waals surface area contributed by atoms with Crippen molar-refractivity contribution in [2.24, 2.45) is 5.73 Å². The SMILES string of the molecule is COc1cc2c(cc1OC)CN(C(CCc1cc(F)ccc1F)(C(N)=O)c1ccccc1)CC2. The van der Waals surface area contributed by atoms with E-state index >= 15 is 0 Å². The molecule has 3 aromatic rings. The molecular formula is C27H28F2N2O3. The zero-order valence-corrected chi connectivity index (χ0v) is 19.3. The van der Waals surface area contributed by atoms with E-state index in [9.17, 15) is 13.6 Å². The first-order valence-corrected chi connectivity index (χ1v) is 11.2. The minimum atomic E-state index is -1.20. The van der Waals surface area contributed by atoms with Gasteiger partial charge in [-0.15, -0.1) is 0 Å². The summed E-state index contributed by atoms with van der Waals surface area (Å²) in [6.45, 7) is 1.01. The lowest BCUT2D eigenvalue weighted by Gasteiger charge is -2.44. The summed E-state index contributed by atoms with van der Waals surface area (Å²) in [4.78, 5) is 15.2. The summed E-state index contributed by atoms with van der Waals surface area (Å²) in [6, 6.07) is 16.5. The molecule has 1 atom stereocenters. The first-order chi connectivity index (χ1) is 16.4. The maximum Gasteiger partial charge on any atom is 0.242 e. The van der Waals surface area contributed by atoms with Crippen molar-refractivity contribution in [3.63, 3.8) is 0 Å². The van der Waals surface area contributed by atoms with Gasteiger partial charge in [-0.1, -0.05) is 30.3 Å². The molecule has 0 fully saturated rings. The van der Waals surface area contributed by atoms with Crippen molar-refractivity contribution in [2.45, 2.75) is 31.3 Å². The molecule has 2 N–H and O–H groups in total. The van der Waals surface area contributed by atoms with Crippen molar-refractivity contribution in [3.05, 3.63) is 94.6 Å². The summed E-state index contributed by atoms with van der Waals surface area (Å²) in [5, 5.41) is 0. The summed E-state index contributed by atoms with van der Waals surface area (Å²) in [5.41, 5.74) is 7.94. The molecule has 0 saturated heterocycles. The second kappa shape index (κ2) is 9.81. The Balaban J connectivity index is 1.76. The van der Waals surface area contributed by atoms with E-state index in [4.69, 9.17) is 15.2 Å². The molecule has 34 heavy (non-hydrogen) atoms. The molecule has 0 radical (unpaired) electrons. The quantitative estimate of drug-likeness (QED) is 0.536. The van der Waals surface area contributed by atoms with Gasteiger partial charge in [-0.05, 0) is 71.8 Å². The molecule has 0 aliphatic carbocycles. The number of nitrogens with zero attached hydrogens (tertiary/aromatic N) is 1. The average molecular weight is 467 g/mol.